The van der Waals surface area contributed by atoms with Gasteiger partial charge < -0.3 is 5.73 Å². The van der Waals surface area contributed by atoms with Crippen LogP contribution in [0.25, 0.3) is 0 Å². The van der Waals surface area contributed by atoms with Crippen molar-refractivity contribution in [2.45, 2.75) is 51.0 Å². The molecule has 2 rings (SSSR count). The molecule has 1 atom stereocenters. The van der Waals surface area contributed by atoms with Crippen molar-refractivity contribution < 1.29 is 4.79 Å². The summed E-state index contributed by atoms with van der Waals surface area (Å²) in [5, 5.41) is 0. The summed E-state index contributed by atoms with van der Waals surface area (Å²) < 4.78 is 0. The molecule has 2 nitrogen and oxygen atoms in total. The van der Waals surface area contributed by atoms with E-state index in [0.717, 1.165) is 18.4 Å². The fourth-order valence-corrected chi connectivity index (χ4v) is 2.80. The van der Waals surface area contributed by atoms with Crippen LogP contribution in [-0.2, 0) is 4.79 Å². The van der Waals surface area contributed by atoms with Gasteiger partial charge >= 0.3 is 0 Å². The standard InChI is InChI=1S/C16H23NO/c17-15(13-8-6-3-7-9-13)12-16(18)14-10-4-1-2-5-11-14/h3,6-9,14-15H,1-2,4-5,10-12,17H2. The van der Waals surface area contributed by atoms with Crippen LogP contribution in [0.2, 0.25) is 0 Å². The molecule has 1 aliphatic rings. The van der Waals surface area contributed by atoms with Crippen molar-refractivity contribution in [3.05, 3.63) is 35.9 Å². The molecule has 0 radical (unpaired) electrons. The predicted molar refractivity (Wildman–Crippen MR) is 74.2 cm³/mol. The van der Waals surface area contributed by atoms with Crippen LogP contribution in [0.4, 0.5) is 0 Å². The van der Waals surface area contributed by atoms with Gasteiger partial charge in [0, 0.05) is 18.4 Å². The Kier molecular flexibility index (Phi) is 4.94. The molecule has 0 bridgehead atoms. The van der Waals surface area contributed by atoms with Crippen molar-refractivity contribution in [1.29, 1.82) is 0 Å². The smallest absolute Gasteiger partial charge is 0.137 e. The van der Waals surface area contributed by atoms with Gasteiger partial charge in [-0.1, -0.05) is 56.0 Å². The highest BCUT2D eigenvalue weighted by Gasteiger charge is 2.22. The van der Waals surface area contributed by atoms with Crippen LogP contribution in [0, 0.1) is 5.92 Å². The third-order valence-electron chi connectivity index (χ3n) is 3.96. The molecule has 1 unspecified atom stereocenters. The molecule has 0 saturated heterocycles. The molecule has 0 heterocycles. The Morgan fingerprint density at radius 1 is 1.11 bits per heavy atom. The number of hydrogen-bond donors (Lipinski definition) is 1. The SMILES string of the molecule is NC(CC(=O)C1CCCCCC1)c1ccccc1. The Bertz CT molecular complexity index is 366. The van der Waals surface area contributed by atoms with Gasteiger partial charge in [0.25, 0.3) is 0 Å². The molecule has 1 aromatic rings. The van der Waals surface area contributed by atoms with E-state index in [1.165, 1.54) is 25.7 Å². The van der Waals surface area contributed by atoms with Crippen LogP contribution in [0.15, 0.2) is 30.3 Å². The summed E-state index contributed by atoms with van der Waals surface area (Å²) in [4.78, 5) is 12.3. The molecular formula is C16H23NO. The van der Waals surface area contributed by atoms with Gasteiger partial charge in [-0.05, 0) is 18.4 Å². The molecule has 1 saturated carbocycles. The van der Waals surface area contributed by atoms with Gasteiger partial charge in [0.2, 0.25) is 0 Å². The van der Waals surface area contributed by atoms with Crippen molar-refractivity contribution in [3.8, 4) is 0 Å². The third-order valence-corrected chi connectivity index (χ3v) is 3.96. The fourth-order valence-electron chi connectivity index (χ4n) is 2.80. The molecule has 1 aromatic carbocycles. The van der Waals surface area contributed by atoms with Crippen molar-refractivity contribution >= 4 is 5.78 Å². The summed E-state index contributed by atoms with van der Waals surface area (Å²) in [6, 6.07) is 9.80. The summed E-state index contributed by atoms with van der Waals surface area (Å²) in [7, 11) is 0. The van der Waals surface area contributed by atoms with E-state index >= 15 is 0 Å². The van der Waals surface area contributed by atoms with E-state index in [0.29, 0.717) is 12.2 Å². The highest BCUT2D eigenvalue weighted by atomic mass is 16.1. The molecule has 0 aromatic heterocycles. The molecule has 1 aliphatic carbocycles. The Labute approximate surface area is 110 Å². The second-order valence-electron chi connectivity index (χ2n) is 5.38. The maximum absolute atomic E-state index is 12.3. The van der Waals surface area contributed by atoms with E-state index in [-0.39, 0.29) is 12.0 Å². The zero-order valence-corrected chi connectivity index (χ0v) is 11.0. The number of hydrogen-bond acceptors (Lipinski definition) is 2. The molecule has 0 aliphatic heterocycles. The van der Waals surface area contributed by atoms with E-state index in [2.05, 4.69) is 0 Å². The van der Waals surface area contributed by atoms with Gasteiger partial charge in [-0.15, -0.1) is 0 Å². The Balaban J connectivity index is 1.90. The van der Waals surface area contributed by atoms with Crippen molar-refractivity contribution in [2.75, 3.05) is 0 Å². The summed E-state index contributed by atoms with van der Waals surface area (Å²) in [6.45, 7) is 0. The van der Waals surface area contributed by atoms with E-state index in [1.54, 1.807) is 0 Å². The molecule has 0 spiro atoms. The summed E-state index contributed by atoms with van der Waals surface area (Å²) >= 11 is 0. The first kappa shape index (κ1) is 13.3. The van der Waals surface area contributed by atoms with E-state index in [9.17, 15) is 4.79 Å². The van der Waals surface area contributed by atoms with Crippen molar-refractivity contribution in [1.82, 2.24) is 0 Å². The van der Waals surface area contributed by atoms with Crippen LogP contribution in [0.5, 0.6) is 0 Å². The highest BCUT2D eigenvalue weighted by molar-refractivity contribution is 5.81. The van der Waals surface area contributed by atoms with Crippen LogP contribution in [-0.4, -0.2) is 5.78 Å². The minimum atomic E-state index is -0.137. The van der Waals surface area contributed by atoms with Gasteiger partial charge in [-0.3, -0.25) is 4.79 Å². The number of rotatable bonds is 4. The number of benzene rings is 1. The minimum Gasteiger partial charge on any atom is -0.324 e. The number of ketones is 1. The second kappa shape index (κ2) is 6.69. The third kappa shape index (κ3) is 3.67. The molecule has 1 fully saturated rings. The average molecular weight is 245 g/mol. The molecule has 98 valence electrons. The first-order valence-corrected chi connectivity index (χ1v) is 7.10. The number of nitrogens with two attached hydrogens (primary N) is 1. The zero-order chi connectivity index (χ0) is 12.8. The first-order chi connectivity index (χ1) is 8.77. The Morgan fingerprint density at radius 2 is 1.72 bits per heavy atom. The lowest BCUT2D eigenvalue weighted by molar-refractivity contribution is -0.123. The lowest BCUT2D eigenvalue weighted by atomic mass is 9.90. The van der Waals surface area contributed by atoms with Gasteiger partial charge in [-0.2, -0.15) is 0 Å². The summed E-state index contributed by atoms with van der Waals surface area (Å²) in [5.74, 6) is 0.635. The average Bonchev–Trinajstić information content (AvgIpc) is 2.68. The zero-order valence-electron chi connectivity index (χ0n) is 11.0. The van der Waals surface area contributed by atoms with E-state index in [1.807, 2.05) is 30.3 Å². The van der Waals surface area contributed by atoms with Crippen LogP contribution in [0.3, 0.4) is 0 Å². The fraction of sp³-hybridized carbons (Fsp3) is 0.562. The summed E-state index contributed by atoms with van der Waals surface area (Å²) in [6.07, 6.45) is 7.62. The monoisotopic (exact) mass is 245 g/mol. The second-order valence-corrected chi connectivity index (χ2v) is 5.38. The lowest BCUT2D eigenvalue weighted by Crippen LogP contribution is -2.21. The quantitative estimate of drug-likeness (QED) is 0.823. The normalized spacial score (nSPS) is 19.2. The van der Waals surface area contributed by atoms with E-state index in [4.69, 9.17) is 5.73 Å². The number of carbonyl (C=O) groups is 1. The van der Waals surface area contributed by atoms with Crippen molar-refractivity contribution in [2.24, 2.45) is 11.7 Å². The maximum Gasteiger partial charge on any atom is 0.137 e. The highest BCUT2D eigenvalue weighted by Crippen LogP contribution is 2.26. The molecule has 2 N–H and O–H groups in total. The van der Waals surface area contributed by atoms with Gasteiger partial charge in [0.1, 0.15) is 5.78 Å². The van der Waals surface area contributed by atoms with Gasteiger partial charge in [0.15, 0.2) is 0 Å². The van der Waals surface area contributed by atoms with Gasteiger partial charge in [-0.25, -0.2) is 0 Å². The molecule has 0 amide bonds. The number of carbonyl (C=O) groups excluding carboxylic acids is 1. The van der Waals surface area contributed by atoms with Crippen LogP contribution in [0.1, 0.15) is 56.6 Å². The van der Waals surface area contributed by atoms with Crippen molar-refractivity contribution in [3.63, 3.8) is 0 Å². The Morgan fingerprint density at radius 3 is 2.33 bits per heavy atom. The maximum atomic E-state index is 12.3. The van der Waals surface area contributed by atoms with Crippen LogP contribution >= 0.6 is 0 Å². The molecule has 18 heavy (non-hydrogen) atoms. The largest absolute Gasteiger partial charge is 0.324 e. The molecule has 2 heteroatoms. The summed E-state index contributed by atoms with van der Waals surface area (Å²) in [5.41, 5.74) is 7.19. The molecular weight excluding hydrogens is 222 g/mol. The van der Waals surface area contributed by atoms with E-state index < -0.39 is 0 Å². The minimum absolute atomic E-state index is 0.137. The predicted octanol–water partition coefficient (Wildman–Crippen LogP) is 3.62. The Hall–Kier alpha value is -1.15. The first-order valence-electron chi connectivity index (χ1n) is 7.10. The van der Waals surface area contributed by atoms with Crippen LogP contribution < -0.4 is 5.73 Å². The number of Topliss-reactive ketones (excluding diaryl/α,β-unsaturated/α-hetero) is 1. The topological polar surface area (TPSA) is 43.1 Å². The lowest BCUT2D eigenvalue weighted by Gasteiger charge is -2.16. The van der Waals surface area contributed by atoms with Gasteiger partial charge in [0.05, 0.1) is 0 Å².